The first kappa shape index (κ1) is 18.6. The Hall–Kier alpha value is -2.43. The standard InChI is InChI=1S/C25H28N2O2/c1-17-6-4-7-18-12-19-14-25(28)16-27(2)11-10-24(25,15-22(19)26-23(17)18)20-8-5-9-21(13-20)29-3/h4-9,12-13,28H,10-11,14-16H2,1-3H3/t24-,25-/m0/s1. The van der Waals surface area contributed by atoms with E-state index in [1.807, 2.05) is 12.1 Å². The molecular weight excluding hydrogens is 360 g/mol. The minimum Gasteiger partial charge on any atom is -0.497 e. The molecule has 0 unspecified atom stereocenters. The monoisotopic (exact) mass is 388 g/mol. The minimum absolute atomic E-state index is 0.357. The van der Waals surface area contributed by atoms with Gasteiger partial charge in [-0.25, -0.2) is 0 Å². The normalized spacial score (nSPS) is 26.8. The van der Waals surface area contributed by atoms with Crippen LogP contribution in [-0.4, -0.2) is 47.8 Å². The Bertz CT molecular complexity index is 1100. The van der Waals surface area contributed by atoms with Crippen molar-refractivity contribution in [1.29, 1.82) is 0 Å². The Kier molecular flexibility index (Phi) is 4.19. The molecule has 2 heterocycles. The van der Waals surface area contributed by atoms with Crippen LogP contribution in [0.3, 0.4) is 0 Å². The molecule has 1 saturated heterocycles. The van der Waals surface area contributed by atoms with Crippen LogP contribution in [-0.2, 0) is 18.3 Å². The molecule has 1 aliphatic carbocycles. The lowest BCUT2D eigenvalue weighted by Gasteiger charge is -2.56. The maximum Gasteiger partial charge on any atom is 0.119 e. The Morgan fingerprint density at radius 1 is 1.10 bits per heavy atom. The Balaban J connectivity index is 1.72. The molecule has 0 bridgehead atoms. The summed E-state index contributed by atoms with van der Waals surface area (Å²) in [5, 5.41) is 13.2. The predicted octanol–water partition coefficient (Wildman–Crippen LogP) is 3.66. The Morgan fingerprint density at radius 3 is 2.76 bits per heavy atom. The molecule has 4 nitrogen and oxygen atoms in total. The van der Waals surface area contributed by atoms with Gasteiger partial charge < -0.3 is 14.7 Å². The highest BCUT2D eigenvalue weighted by Crippen LogP contribution is 2.50. The van der Waals surface area contributed by atoms with Gasteiger partial charge in [-0.2, -0.15) is 0 Å². The number of methoxy groups -OCH3 is 1. The smallest absolute Gasteiger partial charge is 0.119 e. The molecule has 2 atom stereocenters. The van der Waals surface area contributed by atoms with Crippen molar-refractivity contribution in [2.45, 2.75) is 37.2 Å². The van der Waals surface area contributed by atoms with Crippen LogP contribution < -0.4 is 4.74 Å². The number of aryl methyl sites for hydroxylation is 1. The van der Waals surface area contributed by atoms with Crippen molar-refractivity contribution in [1.82, 2.24) is 9.88 Å². The highest BCUT2D eigenvalue weighted by atomic mass is 16.5. The molecular formula is C25H28N2O2. The number of nitrogens with zero attached hydrogens (tertiary/aromatic N) is 2. The number of likely N-dealkylation sites (N-methyl/N-ethyl adjacent to an activating group) is 1. The molecule has 1 fully saturated rings. The van der Waals surface area contributed by atoms with E-state index >= 15 is 0 Å². The number of hydrogen-bond acceptors (Lipinski definition) is 4. The van der Waals surface area contributed by atoms with Gasteiger partial charge in [-0.05, 0) is 61.8 Å². The lowest BCUT2D eigenvalue weighted by atomic mass is 9.56. The molecule has 0 radical (unpaired) electrons. The van der Waals surface area contributed by atoms with E-state index in [-0.39, 0.29) is 5.41 Å². The highest BCUT2D eigenvalue weighted by molar-refractivity contribution is 5.82. The van der Waals surface area contributed by atoms with Gasteiger partial charge in [-0.1, -0.05) is 30.3 Å². The number of hydrogen-bond donors (Lipinski definition) is 1. The topological polar surface area (TPSA) is 45.6 Å². The number of aromatic nitrogens is 1. The van der Waals surface area contributed by atoms with Crippen LogP contribution in [0.15, 0.2) is 48.5 Å². The molecule has 3 aromatic rings. The van der Waals surface area contributed by atoms with E-state index in [2.05, 4.69) is 55.3 Å². The first-order chi connectivity index (χ1) is 13.9. The molecule has 2 aromatic carbocycles. The zero-order valence-corrected chi connectivity index (χ0v) is 17.4. The summed E-state index contributed by atoms with van der Waals surface area (Å²) in [6, 6.07) is 16.8. The van der Waals surface area contributed by atoms with Crippen molar-refractivity contribution in [3.63, 3.8) is 0 Å². The first-order valence-corrected chi connectivity index (χ1v) is 10.4. The molecule has 29 heavy (non-hydrogen) atoms. The Labute approximate surface area is 172 Å². The number of β-amino-alcohol motifs (C(OH)–C–C–N with tert-alkyl or cyclic N) is 1. The second-order valence-electron chi connectivity index (χ2n) is 8.93. The van der Waals surface area contributed by atoms with Gasteiger partial charge in [0.1, 0.15) is 5.75 Å². The lowest BCUT2D eigenvalue weighted by Crippen LogP contribution is -2.66. The van der Waals surface area contributed by atoms with Crippen molar-refractivity contribution in [3.05, 3.63) is 70.9 Å². The quantitative estimate of drug-likeness (QED) is 0.728. The van der Waals surface area contributed by atoms with Crippen molar-refractivity contribution >= 4 is 10.9 Å². The summed E-state index contributed by atoms with van der Waals surface area (Å²) in [7, 11) is 3.80. The van der Waals surface area contributed by atoms with E-state index < -0.39 is 5.60 Å². The second kappa shape index (κ2) is 6.54. The van der Waals surface area contributed by atoms with Gasteiger partial charge in [0.15, 0.2) is 0 Å². The third-order valence-electron chi connectivity index (χ3n) is 7.13. The molecule has 0 spiro atoms. The summed E-state index contributed by atoms with van der Waals surface area (Å²) < 4.78 is 5.51. The third-order valence-corrected chi connectivity index (χ3v) is 7.13. The molecule has 1 aliphatic heterocycles. The van der Waals surface area contributed by atoms with Crippen LogP contribution in [0.4, 0.5) is 0 Å². The molecule has 0 saturated carbocycles. The van der Waals surface area contributed by atoms with Gasteiger partial charge in [0.2, 0.25) is 0 Å². The van der Waals surface area contributed by atoms with Crippen molar-refractivity contribution in [2.75, 3.05) is 27.2 Å². The number of para-hydroxylation sites is 1. The first-order valence-electron chi connectivity index (χ1n) is 10.4. The SMILES string of the molecule is COc1cccc([C@@]23CCN(C)C[C@@]2(O)Cc2cc4cccc(C)c4nc2C3)c1. The zero-order chi connectivity index (χ0) is 20.2. The number of piperidine rings is 1. The van der Waals surface area contributed by atoms with Crippen LogP contribution in [0, 0.1) is 6.92 Å². The lowest BCUT2D eigenvalue weighted by molar-refractivity contribution is -0.0976. The average Bonchev–Trinajstić information content (AvgIpc) is 2.71. The number of pyridine rings is 1. The van der Waals surface area contributed by atoms with Gasteiger partial charge >= 0.3 is 0 Å². The number of aliphatic hydroxyl groups is 1. The van der Waals surface area contributed by atoms with Crippen LogP contribution >= 0.6 is 0 Å². The van der Waals surface area contributed by atoms with Gasteiger partial charge in [0, 0.05) is 35.9 Å². The third kappa shape index (κ3) is 2.77. The van der Waals surface area contributed by atoms with E-state index in [1.165, 1.54) is 11.1 Å². The van der Waals surface area contributed by atoms with E-state index in [0.717, 1.165) is 47.3 Å². The average molecular weight is 389 g/mol. The number of likely N-dealkylation sites (tertiary alicyclic amines) is 1. The molecule has 1 N–H and O–H groups in total. The Morgan fingerprint density at radius 2 is 1.93 bits per heavy atom. The number of fused-ring (bicyclic) bond motifs is 3. The van der Waals surface area contributed by atoms with E-state index in [1.54, 1.807) is 7.11 Å². The molecule has 4 heteroatoms. The number of ether oxygens (including phenoxy) is 1. The van der Waals surface area contributed by atoms with E-state index in [4.69, 9.17) is 9.72 Å². The van der Waals surface area contributed by atoms with Crippen LogP contribution in [0.25, 0.3) is 10.9 Å². The maximum atomic E-state index is 12.1. The van der Waals surface area contributed by atoms with E-state index in [9.17, 15) is 5.11 Å². The largest absolute Gasteiger partial charge is 0.497 e. The summed E-state index contributed by atoms with van der Waals surface area (Å²) in [5.41, 5.74) is 4.55. The molecule has 5 rings (SSSR count). The summed E-state index contributed by atoms with van der Waals surface area (Å²) in [6.07, 6.45) is 2.28. The molecule has 1 aromatic heterocycles. The van der Waals surface area contributed by atoms with Gasteiger partial charge in [-0.3, -0.25) is 4.98 Å². The van der Waals surface area contributed by atoms with E-state index in [0.29, 0.717) is 13.0 Å². The predicted molar refractivity (Wildman–Crippen MR) is 116 cm³/mol. The van der Waals surface area contributed by atoms with Crippen LogP contribution in [0.2, 0.25) is 0 Å². The van der Waals surface area contributed by atoms with Gasteiger partial charge in [0.05, 0.1) is 18.2 Å². The maximum absolute atomic E-state index is 12.1. The van der Waals surface area contributed by atoms with Gasteiger partial charge in [0.25, 0.3) is 0 Å². The minimum atomic E-state index is -0.835. The van der Waals surface area contributed by atoms with Crippen LogP contribution in [0.1, 0.15) is 28.8 Å². The number of benzene rings is 2. The fraction of sp³-hybridized carbons (Fsp3) is 0.400. The van der Waals surface area contributed by atoms with Gasteiger partial charge in [-0.15, -0.1) is 0 Å². The second-order valence-corrected chi connectivity index (χ2v) is 8.93. The summed E-state index contributed by atoms with van der Waals surface area (Å²) >= 11 is 0. The van der Waals surface area contributed by atoms with Crippen molar-refractivity contribution in [3.8, 4) is 5.75 Å². The molecule has 150 valence electrons. The van der Waals surface area contributed by atoms with Crippen molar-refractivity contribution in [2.24, 2.45) is 0 Å². The van der Waals surface area contributed by atoms with Crippen LogP contribution in [0.5, 0.6) is 5.75 Å². The van der Waals surface area contributed by atoms with Crippen molar-refractivity contribution < 1.29 is 9.84 Å². The summed E-state index contributed by atoms with van der Waals surface area (Å²) in [5.74, 6) is 0.839. The summed E-state index contributed by atoms with van der Waals surface area (Å²) in [6.45, 7) is 3.74. The fourth-order valence-corrected chi connectivity index (χ4v) is 5.54. The fourth-order valence-electron chi connectivity index (χ4n) is 5.54. The highest BCUT2D eigenvalue weighted by Gasteiger charge is 2.57. The zero-order valence-electron chi connectivity index (χ0n) is 17.4. The molecule has 0 amide bonds. The number of rotatable bonds is 2. The molecule has 2 aliphatic rings. The summed E-state index contributed by atoms with van der Waals surface area (Å²) in [4.78, 5) is 7.37.